The predicted molar refractivity (Wildman–Crippen MR) is 75.1 cm³/mol. The Morgan fingerprint density at radius 1 is 1.42 bits per heavy atom. The molecule has 0 bridgehead atoms. The summed E-state index contributed by atoms with van der Waals surface area (Å²) >= 11 is 0. The van der Waals surface area contributed by atoms with Gasteiger partial charge in [-0.15, -0.1) is 0 Å². The van der Waals surface area contributed by atoms with Gasteiger partial charge in [0.1, 0.15) is 5.82 Å². The van der Waals surface area contributed by atoms with E-state index in [1.807, 2.05) is 13.8 Å². The van der Waals surface area contributed by atoms with Gasteiger partial charge in [0.05, 0.1) is 0 Å². The van der Waals surface area contributed by atoms with Crippen LogP contribution in [0.4, 0.5) is 4.39 Å². The molecule has 1 saturated carbocycles. The van der Waals surface area contributed by atoms with Crippen molar-refractivity contribution in [1.29, 1.82) is 0 Å². The van der Waals surface area contributed by atoms with Gasteiger partial charge in [-0.05, 0) is 54.5 Å². The molecule has 1 aromatic rings. The number of hydrogen-bond donors (Lipinski definition) is 1. The van der Waals surface area contributed by atoms with Crippen LogP contribution in [0.5, 0.6) is 0 Å². The van der Waals surface area contributed by atoms with Crippen molar-refractivity contribution in [2.45, 2.75) is 39.7 Å². The number of allylic oxidation sites excluding steroid dienone is 1. The zero-order chi connectivity index (χ0) is 14.0. The molecule has 0 heterocycles. The Balaban J connectivity index is 2.25. The zero-order valence-electron chi connectivity index (χ0n) is 11.7. The van der Waals surface area contributed by atoms with Crippen LogP contribution >= 0.6 is 0 Å². The molecule has 2 nitrogen and oxygen atoms in total. The van der Waals surface area contributed by atoms with Crippen LogP contribution in [0.15, 0.2) is 24.3 Å². The number of amides is 1. The molecule has 0 unspecified atom stereocenters. The molecule has 1 aromatic carbocycles. The van der Waals surface area contributed by atoms with Gasteiger partial charge < -0.3 is 5.32 Å². The van der Waals surface area contributed by atoms with Crippen LogP contribution in [0.2, 0.25) is 0 Å². The molecular weight excluding hydrogens is 241 g/mol. The third kappa shape index (κ3) is 3.66. The average molecular weight is 261 g/mol. The molecule has 0 aliphatic heterocycles. The van der Waals surface area contributed by atoms with Crippen molar-refractivity contribution in [2.24, 2.45) is 5.92 Å². The topological polar surface area (TPSA) is 29.1 Å². The lowest BCUT2D eigenvalue weighted by Gasteiger charge is -2.13. The molecule has 0 atom stereocenters. The summed E-state index contributed by atoms with van der Waals surface area (Å²) in [5.74, 6) is -0.0442. The van der Waals surface area contributed by atoms with Gasteiger partial charge in [0, 0.05) is 12.1 Å². The molecule has 1 fully saturated rings. The number of benzene rings is 1. The Morgan fingerprint density at radius 3 is 2.63 bits per heavy atom. The molecule has 3 heteroatoms. The van der Waals surface area contributed by atoms with E-state index in [9.17, 15) is 9.18 Å². The quantitative estimate of drug-likeness (QED) is 0.826. The maximum atomic E-state index is 13.3. The van der Waals surface area contributed by atoms with Gasteiger partial charge in [-0.3, -0.25) is 4.79 Å². The van der Waals surface area contributed by atoms with E-state index in [2.05, 4.69) is 5.32 Å². The van der Waals surface area contributed by atoms with E-state index in [0.717, 1.165) is 24.0 Å². The lowest BCUT2D eigenvalue weighted by molar-refractivity contribution is -0.116. The molecule has 19 heavy (non-hydrogen) atoms. The van der Waals surface area contributed by atoms with Gasteiger partial charge in [0.2, 0.25) is 5.91 Å². The number of hydrogen-bond acceptors (Lipinski definition) is 1. The van der Waals surface area contributed by atoms with Crippen molar-refractivity contribution in [3.63, 3.8) is 0 Å². The fourth-order valence-electron chi connectivity index (χ4n) is 2.02. The first-order chi connectivity index (χ1) is 8.97. The van der Waals surface area contributed by atoms with Crippen molar-refractivity contribution in [1.82, 2.24) is 5.32 Å². The van der Waals surface area contributed by atoms with Crippen molar-refractivity contribution >= 4 is 11.5 Å². The minimum absolute atomic E-state index is 0.0480. The van der Waals surface area contributed by atoms with Gasteiger partial charge >= 0.3 is 0 Å². The van der Waals surface area contributed by atoms with Crippen LogP contribution < -0.4 is 5.32 Å². The number of nitrogens with one attached hydrogen (secondary N) is 1. The van der Waals surface area contributed by atoms with Crippen molar-refractivity contribution in [3.05, 3.63) is 41.2 Å². The fraction of sp³-hybridized carbons (Fsp3) is 0.438. The van der Waals surface area contributed by atoms with E-state index in [0.29, 0.717) is 11.6 Å². The van der Waals surface area contributed by atoms with Crippen LogP contribution in [0, 0.1) is 18.7 Å². The first kappa shape index (κ1) is 13.8. The van der Waals surface area contributed by atoms with Crippen LogP contribution in [0.1, 0.15) is 37.8 Å². The van der Waals surface area contributed by atoms with Gasteiger partial charge in [0.25, 0.3) is 0 Å². The molecule has 0 saturated heterocycles. The van der Waals surface area contributed by atoms with E-state index in [-0.39, 0.29) is 17.6 Å². The molecule has 1 aliphatic rings. The molecule has 1 N–H and O–H groups in total. The lowest BCUT2D eigenvalue weighted by Crippen LogP contribution is -2.23. The summed E-state index contributed by atoms with van der Waals surface area (Å²) in [6, 6.07) is 5.34. The maximum absolute atomic E-state index is 13.3. The molecule has 2 rings (SSSR count). The Morgan fingerprint density at radius 2 is 2.11 bits per heavy atom. The number of halogens is 1. The highest BCUT2D eigenvalue weighted by molar-refractivity contribution is 5.95. The summed E-state index contributed by atoms with van der Waals surface area (Å²) in [6.07, 6.45) is 3.80. The highest BCUT2D eigenvalue weighted by Crippen LogP contribution is 2.25. The molecular formula is C16H20FNO. The van der Waals surface area contributed by atoms with E-state index in [1.54, 1.807) is 25.1 Å². The van der Waals surface area contributed by atoms with E-state index in [1.165, 1.54) is 6.07 Å². The number of carbonyl (C=O) groups excluding carboxylic acids is 1. The molecule has 0 radical (unpaired) electrons. The molecule has 0 aromatic heterocycles. The Hall–Kier alpha value is -1.64. The van der Waals surface area contributed by atoms with Crippen LogP contribution in [0.25, 0.3) is 5.57 Å². The largest absolute Gasteiger partial charge is 0.350 e. The number of aryl methyl sites for hydroxylation is 1. The third-order valence-electron chi connectivity index (χ3n) is 3.32. The molecule has 1 aliphatic carbocycles. The van der Waals surface area contributed by atoms with Crippen molar-refractivity contribution in [3.8, 4) is 0 Å². The van der Waals surface area contributed by atoms with E-state index < -0.39 is 0 Å². The molecule has 0 spiro atoms. The lowest BCUT2D eigenvalue weighted by atomic mass is 9.93. The van der Waals surface area contributed by atoms with E-state index in [4.69, 9.17) is 0 Å². The minimum Gasteiger partial charge on any atom is -0.350 e. The van der Waals surface area contributed by atoms with Crippen LogP contribution in [-0.4, -0.2) is 11.9 Å². The smallest absolute Gasteiger partial charge is 0.244 e. The number of rotatable bonds is 4. The zero-order valence-corrected chi connectivity index (χ0v) is 11.7. The Labute approximate surface area is 113 Å². The van der Waals surface area contributed by atoms with Gasteiger partial charge in [-0.2, -0.15) is 0 Å². The third-order valence-corrected chi connectivity index (χ3v) is 3.32. The molecule has 102 valence electrons. The summed E-state index contributed by atoms with van der Waals surface area (Å²) in [4.78, 5) is 11.9. The predicted octanol–water partition coefficient (Wildman–Crippen LogP) is 3.45. The van der Waals surface area contributed by atoms with Crippen molar-refractivity contribution in [2.75, 3.05) is 0 Å². The first-order valence-corrected chi connectivity index (χ1v) is 6.76. The van der Waals surface area contributed by atoms with Crippen LogP contribution in [0.3, 0.4) is 0 Å². The Bertz CT molecular complexity index is 515. The second-order valence-corrected chi connectivity index (χ2v) is 5.50. The normalized spacial score (nSPS) is 15.7. The molecule has 1 amide bonds. The summed E-state index contributed by atoms with van der Waals surface area (Å²) in [5, 5.41) is 2.95. The van der Waals surface area contributed by atoms with Crippen molar-refractivity contribution < 1.29 is 9.18 Å². The Kier molecular flexibility index (Phi) is 4.03. The summed E-state index contributed by atoms with van der Waals surface area (Å²) in [7, 11) is 0. The first-order valence-electron chi connectivity index (χ1n) is 6.76. The number of carbonyl (C=O) groups is 1. The summed E-state index contributed by atoms with van der Waals surface area (Å²) in [5.41, 5.74) is 2.47. The second kappa shape index (κ2) is 5.55. The average Bonchev–Trinajstić information content (AvgIpc) is 3.13. The van der Waals surface area contributed by atoms with Gasteiger partial charge in [-0.25, -0.2) is 4.39 Å². The second-order valence-electron chi connectivity index (χ2n) is 5.50. The minimum atomic E-state index is -0.214. The fourth-order valence-corrected chi connectivity index (χ4v) is 2.02. The van der Waals surface area contributed by atoms with Gasteiger partial charge in [-0.1, -0.05) is 19.9 Å². The standard InChI is InChI=1S/C16H20FNO/c1-10(2)14(9-16(19)18-13-5-6-13)12-4-7-15(17)11(3)8-12/h4,7-10,13H,5-6H2,1-3H3,(H,18,19)/b14-9+. The maximum Gasteiger partial charge on any atom is 0.244 e. The van der Waals surface area contributed by atoms with Gasteiger partial charge in [0.15, 0.2) is 0 Å². The SMILES string of the molecule is Cc1cc(/C(=C/C(=O)NC2CC2)C(C)C)ccc1F. The summed E-state index contributed by atoms with van der Waals surface area (Å²) in [6.45, 7) is 5.81. The van der Waals surface area contributed by atoms with Crippen LogP contribution in [-0.2, 0) is 4.79 Å². The highest BCUT2D eigenvalue weighted by Gasteiger charge is 2.22. The highest BCUT2D eigenvalue weighted by atomic mass is 19.1. The van der Waals surface area contributed by atoms with E-state index >= 15 is 0 Å². The summed E-state index contributed by atoms with van der Waals surface area (Å²) < 4.78 is 13.3. The monoisotopic (exact) mass is 261 g/mol.